The smallest absolute Gasteiger partial charge is 0.134 e. The van der Waals surface area contributed by atoms with Gasteiger partial charge in [-0.25, -0.2) is 9.97 Å². The van der Waals surface area contributed by atoms with E-state index in [-0.39, 0.29) is 0 Å². The molecule has 4 heteroatoms. The van der Waals surface area contributed by atoms with Crippen molar-refractivity contribution in [3.05, 3.63) is 17.0 Å². The van der Waals surface area contributed by atoms with Gasteiger partial charge in [0.2, 0.25) is 0 Å². The van der Waals surface area contributed by atoms with Gasteiger partial charge in [-0.1, -0.05) is 38.3 Å². The third-order valence-corrected chi connectivity index (χ3v) is 2.49. The highest BCUT2D eigenvalue weighted by atomic mass is 35.5. The maximum Gasteiger partial charge on any atom is 0.134 e. The second-order valence-corrected chi connectivity index (χ2v) is 4.26. The normalized spacial score (nSPS) is 10.4. The predicted octanol–water partition coefficient (Wildman–Crippen LogP) is 3.68. The first-order valence-corrected chi connectivity index (χ1v) is 6.41. The van der Waals surface area contributed by atoms with Crippen LogP contribution in [0.5, 0.6) is 0 Å². The van der Waals surface area contributed by atoms with Gasteiger partial charge in [-0.2, -0.15) is 0 Å². The van der Waals surface area contributed by atoms with Crippen LogP contribution in [0.2, 0.25) is 5.15 Å². The Balaban J connectivity index is 2.51. The van der Waals surface area contributed by atoms with Gasteiger partial charge >= 0.3 is 0 Å². The summed E-state index contributed by atoms with van der Waals surface area (Å²) in [5.41, 5.74) is 0. The summed E-state index contributed by atoms with van der Waals surface area (Å²) < 4.78 is 0. The molecule has 0 aliphatic heterocycles. The number of nitrogens with one attached hydrogen (secondary N) is 1. The molecular formula is C12H20ClN3. The fraction of sp³-hybridized carbons (Fsp3) is 0.667. The summed E-state index contributed by atoms with van der Waals surface area (Å²) in [6.45, 7) is 5.26. The van der Waals surface area contributed by atoms with E-state index in [1.54, 1.807) is 6.07 Å². The zero-order valence-corrected chi connectivity index (χ0v) is 10.8. The van der Waals surface area contributed by atoms with Crippen LogP contribution in [0.1, 0.15) is 45.4 Å². The Bertz CT molecular complexity index is 315. The minimum absolute atomic E-state index is 0.524. The highest BCUT2D eigenvalue weighted by Crippen LogP contribution is 2.12. The standard InChI is InChI=1S/C12H20ClN3/c1-3-5-6-8-14-12-9-10(13)15-11(16-12)7-4-2/h9H,3-8H2,1-2H3,(H,14,15,16). The number of hydrogen-bond donors (Lipinski definition) is 1. The van der Waals surface area contributed by atoms with Gasteiger partial charge in [0.15, 0.2) is 0 Å². The first-order valence-electron chi connectivity index (χ1n) is 6.03. The number of hydrogen-bond acceptors (Lipinski definition) is 3. The maximum absolute atomic E-state index is 5.93. The molecule has 0 aliphatic carbocycles. The van der Waals surface area contributed by atoms with E-state index in [2.05, 4.69) is 29.1 Å². The van der Waals surface area contributed by atoms with Crippen molar-refractivity contribution in [1.29, 1.82) is 0 Å². The zero-order chi connectivity index (χ0) is 11.8. The van der Waals surface area contributed by atoms with Crippen molar-refractivity contribution in [2.75, 3.05) is 11.9 Å². The summed E-state index contributed by atoms with van der Waals surface area (Å²) in [5, 5.41) is 3.81. The Kier molecular flexibility index (Phi) is 6.16. The number of anilines is 1. The Hall–Kier alpha value is -0.830. The van der Waals surface area contributed by atoms with Gasteiger partial charge in [-0.15, -0.1) is 0 Å². The van der Waals surface area contributed by atoms with Crippen molar-refractivity contribution in [2.24, 2.45) is 0 Å². The highest BCUT2D eigenvalue weighted by molar-refractivity contribution is 6.29. The van der Waals surface area contributed by atoms with E-state index in [0.717, 1.165) is 31.0 Å². The van der Waals surface area contributed by atoms with Gasteiger partial charge < -0.3 is 5.32 Å². The molecule has 90 valence electrons. The average Bonchev–Trinajstić information content (AvgIpc) is 2.24. The molecule has 0 amide bonds. The molecule has 1 rings (SSSR count). The fourth-order valence-electron chi connectivity index (χ4n) is 1.48. The van der Waals surface area contributed by atoms with Gasteiger partial charge in [0.05, 0.1) is 0 Å². The van der Waals surface area contributed by atoms with Crippen molar-refractivity contribution in [2.45, 2.75) is 46.0 Å². The number of aryl methyl sites for hydroxylation is 1. The molecule has 0 atom stereocenters. The topological polar surface area (TPSA) is 37.8 Å². The van der Waals surface area contributed by atoms with E-state index in [9.17, 15) is 0 Å². The lowest BCUT2D eigenvalue weighted by Gasteiger charge is -2.07. The average molecular weight is 242 g/mol. The predicted molar refractivity (Wildman–Crippen MR) is 69.1 cm³/mol. The van der Waals surface area contributed by atoms with E-state index in [4.69, 9.17) is 11.6 Å². The Morgan fingerprint density at radius 1 is 1.19 bits per heavy atom. The van der Waals surface area contributed by atoms with E-state index in [1.165, 1.54) is 19.3 Å². The largest absolute Gasteiger partial charge is 0.370 e. The number of nitrogens with zero attached hydrogens (tertiary/aromatic N) is 2. The van der Waals surface area contributed by atoms with E-state index >= 15 is 0 Å². The van der Waals surface area contributed by atoms with Crippen LogP contribution in [0.25, 0.3) is 0 Å². The second-order valence-electron chi connectivity index (χ2n) is 3.88. The first-order chi connectivity index (χ1) is 7.76. The molecule has 3 nitrogen and oxygen atoms in total. The minimum atomic E-state index is 0.524. The van der Waals surface area contributed by atoms with Crippen molar-refractivity contribution in [3.63, 3.8) is 0 Å². The summed E-state index contributed by atoms with van der Waals surface area (Å²) in [5.74, 6) is 1.67. The van der Waals surface area contributed by atoms with Crippen LogP contribution >= 0.6 is 11.6 Å². The molecule has 0 unspecified atom stereocenters. The summed E-state index contributed by atoms with van der Waals surface area (Å²) in [4.78, 5) is 8.60. The summed E-state index contributed by atoms with van der Waals surface area (Å²) in [7, 11) is 0. The lowest BCUT2D eigenvalue weighted by molar-refractivity contribution is 0.740. The third-order valence-electron chi connectivity index (χ3n) is 2.30. The quantitative estimate of drug-likeness (QED) is 0.585. The second kappa shape index (κ2) is 7.44. The molecule has 1 heterocycles. The summed E-state index contributed by atoms with van der Waals surface area (Å²) in [6, 6.07) is 1.78. The Morgan fingerprint density at radius 3 is 2.69 bits per heavy atom. The SMILES string of the molecule is CCCCCNc1cc(Cl)nc(CCC)n1. The highest BCUT2D eigenvalue weighted by Gasteiger charge is 2.01. The van der Waals surface area contributed by atoms with Crippen LogP contribution < -0.4 is 5.32 Å². The summed E-state index contributed by atoms with van der Waals surface area (Å²) >= 11 is 5.93. The molecule has 1 aromatic rings. The fourth-order valence-corrected chi connectivity index (χ4v) is 1.68. The zero-order valence-electron chi connectivity index (χ0n) is 10.1. The molecule has 0 aromatic carbocycles. The number of halogens is 1. The minimum Gasteiger partial charge on any atom is -0.370 e. The molecule has 1 aromatic heterocycles. The Labute approximate surface area is 103 Å². The molecule has 1 N–H and O–H groups in total. The molecule has 0 spiro atoms. The van der Waals surface area contributed by atoms with Gasteiger partial charge in [-0.05, 0) is 12.8 Å². The summed E-state index contributed by atoms with van der Waals surface area (Å²) in [6.07, 6.45) is 5.56. The molecule has 0 fully saturated rings. The number of aromatic nitrogens is 2. The van der Waals surface area contributed by atoms with Crippen molar-refractivity contribution in [3.8, 4) is 0 Å². The van der Waals surface area contributed by atoms with Gasteiger partial charge in [0.1, 0.15) is 16.8 Å². The van der Waals surface area contributed by atoms with Crippen LogP contribution in [-0.2, 0) is 6.42 Å². The molecular weight excluding hydrogens is 222 g/mol. The number of unbranched alkanes of at least 4 members (excludes halogenated alkanes) is 2. The van der Waals surface area contributed by atoms with Crippen molar-refractivity contribution < 1.29 is 0 Å². The molecule has 0 bridgehead atoms. The van der Waals surface area contributed by atoms with Gasteiger partial charge in [0.25, 0.3) is 0 Å². The molecule has 0 saturated carbocycles. The third kappa shape index (κ3) is 4.79. The van der Waals surface area contributed by atoms with Crippen molar-refractivity contribution in [1.82, 2.24) is 9.97 Å². The first kappa shape index (κ1) is 13.2. The lowest BCUT2D eigenvalue weighted by Crippen LogP contribution is -2.06. The van der Waals surface area contributed by atoms with E-state index in [0.29, 0.717) is 5.15 Å². The monoisotopic (exact) mass is 241 g/mol. The van der Waals surface area contributed by atoms with E-state index in [1.807, 2.05) is 0 Å². The maximum atomic E-state index is 5.93. The van der Waals surface area contributed by atoms with Crippen LogP contribution in [0.4, 0.5) is 5.82 Å². The Morgan fingerprint density at radius 2 is 2.00 bits per heavy atom. The molecule has 0 aliphatic rings. The van der Waals surface area contributed by atoms with Crippen molar-refractivity contribution >= 4 is 17.4 Å². The van der Waals surface area contributed by atoms with Crippen LogP contribution in [0.3, 0.4) is 0 Å². The van der Waals surface area contributed by atoms with Gasteiger partial charge in [0, 0.05) is 19.0 Å². The molecule has 16 heavy (non-hydrogen) atoms. The molecule has 0 radical (unpaired) electrons. The van der Waals surface area contributed by atoms with Crippen LogP contribution in [-0.4, -0.2) is 16.5 Å². The lowest BCUT2D eigenvalue weighted by atomic mass is 10.2. The van der Waals surface area contributed by atoms with E-state index < -0.39 is 0 Å². The van der Waals surface area contributed by atoms with Crippen LogP contribution in [0, 0.1) is 0 Å². The van der Waals surface area contributed by atoms with Gasteiger partial charge in [-0.3, -0.25) is 0 Å². The molecule has 0 saturated heterocycles. The van der Waals surface area contributed by atoms with Crippen LogP contribution in [0.15, 0.2) is 6.07 Å². The number of rotatable bonds is 7.